The van der Waals surface area contributed by atoms with Crippen LogP contribution in [0.5, 0.6) is 5.75 Å². The van der Waals surface area contributed by atoms with Gasteiger partial charge in [0.05, 0.1) is 4.90 Å². The monoisotopic (exact) mass is 347 g/mol. The van der Waals surface area contributed by atoms with Gasteiger partial charge in [0.2, 0.25) is 10.0 Å². The summed E-state index contributed by atoms with van der Waals surface area (Å²) in [5.41, 5.74) is 0. The number of benzene rings is 2. The molecule has 0 bridgehead atoms. The number of sulfonamides is 1. The first kappa shape index (κ1) is 16.7. The van der Waals surface area contributed by atoms with Crippen LogP contribution in [0.4, 0.5) is 8.78 Å². The first-order valence-electron chi connectivity index (χ1n) is 6.21. The van der Waals surface area contributed by atoms with Gasteiger partial charge in [-0.25, -0.2) is 21.9 Å². The molecule has 0 aromatic heterocycles. The maximum atomic E-state index is 13.0. The summed E-state index contributed by atoms with van der Waals surface area (Å²) < 4.78 is 57.1. The summed E-state index contributed by atoms with van der Waals surface area (Å²) in [7, 11) is -3.70. The van der Waals surface area contributed by atoms with Crippen LogP contribution in [0.2, 0.25) is 5.02 Å². The summed E-state index contributed by atoms with van der Waals surface area (Å²) in [4.78, 5) is 0.0350. The lowest BCUT2D eigenvalue weighted by molar-refractivity contribution is 0.319. The van der Waals surface area contributed by atoms with E-state index in [2.05, 4.69) is 4.72 Å². The standard InChI is InChI=1S/C14H12ClF2NO3S/c15-10-2-1-3-12(8-10)22(19,20)18-6-7-21-11-4-5-13(16)14(17)9-11/h1-5,8-9,18H,6-7H2. The first-order chi connectivity index (χ1) is 10.4. The van der Waals surface area contributed by atoms with Crippen LogP contribution >= 0.6 is 11.6 Å². The van der Waals surface area contributed by atoms with Gasteiger partial charge in [0.1, 0.15) is 12.4 Å². The van der Waals surface area contributed by atoms with Gasteiger partial charge in [0.25, 0.3) is 0 Å². The highest BCUT2D eigenvalue weighted by atomic mass is 35.5. The van der Waals surface area contributed by atoms with E-state index in [1.807, 2.05) is 0 Å². The second-order valence-corrected chi connectivity index (χ2v) is 6.48. The molecule has 0 fully saturated rings. The summed E-state index contributed by atoms with van der Waals surface area (Å²) in [6, 6.07) is 8.89. The van der Waals surface area contributed by atoms with Gasteiger partial charge in [0, 0.05) is 17.6 Å². The van der Waals surface area contributed by atoms with Crippen LogP contribution < -0.4 is 9.46 Å². The maximum absolute atomic E-state index is 13.0. The van der Waals surface area contributed by atoms with E-state index < -0.39 is 21.7 Å². The van der Waals surface area contributed by atoms with E-state index >= 15 is 0 Å². The van der Waals surface area contributed by atoms with Crippen LogP contribution in [0, 0.1) is 11.6 Å². The predicted octanol–water partition coefficient (Wildman–Crippen LogP) is 2.98. The molecule has 8 heteroatoms. The van der Waals surface area contributed by atoms with Crippen LogP contribution in [0.15, 0.2) is 47.4 Å². The van der Waals surface area contributed by atoms with Crippen LogP contribution in [-0.4, -0.2) is 21.6 Å². The van der Waals surface area contributed by atoms with Gasteiger partial charge < -0.3 is 4.74 Å². The average molecular weight is 348 g/mol. The molecule has 0 unspecified atom stereocenters. The van der Waals surface area contributed by atoms with E-state index in [0.29, 0.717) is 5.02 Å². The lowest BCUT2D eigenvalue weighted by atomic mass is 10.3. The van der Waals surface area contributed by atoms with E-state index in [-0.39, 0.29) is 23.8 Å². The average Bonchev–Trinajstić information content (AvgIpc) is 2.47. The van der Waals surface area contributed by atoms with Crippen molar-refractivity contribution in [1.82, 2.24) is 4.72 Å². The SMILES string of the molecule is O=S(=O)(NCCOc1ccc(F)c(F)c1)c1cccc(Cl)c1. The Morgan fingerprint density at radius 2 is 1.86 bits per heavy atom. The highest BCUT2D eigenvalue weighted by Gasteiger charge is 2.13. The molecule has 0 saturated carbocycles. The molecule has 118 valence electrons. The second kappa shape index (κ2) is 7.04. The van der Waals surface area contributed by atoms with Gasteiger partial charge in [-0.05, 0) is 30.3 Å². The first-order valence-corrected chi connectivity index (χ1v) is 8.08. The molecule has 0 aliphatic rings. The highest BCUT2D eigenvalue weighted by molar-refractivity contribution is 7.89. The molecule has 1 N–H and O–H groups in total. The summed E-state index contributed by atoms with van der Waals surface area (Å²) in [6.07, 6.45) is 0. The molecule has 0 atom stereocenters. The van der Waals surface area contributed by atoms with Gasteiger partial charge in [0.15, 0.2) is 11.6 Å². The van der Waals surface area contributed by atoms with Crippen molar-refractivity contribution in [3.63, 3.8) is 0 Å². The number of rotatable bonds is 6. The van der Waals surface area contributed by atoms with Gasteiger partial charge in [-0.15, -0.1) is 0 Å². The molecule has 2 rings (SSSR count). The van der Waals surface area contributed by atoms with Crippen molar-refractivity contribution >= 4 is 21.6 Å². The molecule has 0 radical (unpaired) electrons. The smallest absolute Gasteiger partial charge is 0.240 e. The van der Waals surface area contributed by atoms with Gasteiger partial charge in [-0.2, -0.15) is 0 Å². The third-order valence-electron chi connectivity index (χ3n) is 2.66. The minimum Gasteiger partial charge on any atom is -0.492 e. The van der Waals surface area contributed by atoms with Crippen molar-refractivity contribution in [2.45, 2.75) is 4.90 Å². The minimum atomic E-state index is -3.70. The van der Waals surface area contributed by atoms with Crippen LogP contribution in [-0.2, 0) is 10.0 Å². The van der Waals surface area contributed by atoms with Crippen molar-refractivity contribution in [2.24, 2.45) is 0 Å². The Morgan fingerprint density at radius 3 is 2.55 bits per heavy atom. The van der Waals surface area contributed by atoms with E-state index in [1.54, 1.807) is 6.07 Å². The molecule has 0 aliphatic heterocycles. The Labute approximate surface area is 131 Å². The number of ether oxygens (including phenoxy) is 1. The largest absolute Gasteiger partial charge is 0.492 e. The molecular formula is C14H12ClF2NO3S. The van der Waals surface area contributed by atoms with Crippen LogP contribution in [0.1, 0.15) is 0 Å². The Hall–Kier alpha value is -1.70. The third kappa shape index (κ3) is 4.40. The van der Waals surface area contributed by atoms with Crippen molar-refractivity contribution < 1.29 is 21.9 Å². The molecule has 22 heavy (non-hydrogen) atoms. The summed E-state index contributed by atoms with van der Waals surface area (Å²) in [5.74, 6) is -1.90. The normalized spacial score (nSPS) is 11.4. The quantitative estimate of drug-likeness (QED) is 0.817. The second-order valence-electron chi connectivity index (χ2n) is 4.28. The number of halogens is 3. The Bertz CT molecular complexity index is 768. The van der Waals surface area contributed by atoms with Crippen molar-refractivity contribution in [2.75, 3.05) is 13.2 Å². The Balaban J connectivity index is 1.89. The Morgan fingerprint density at radius 1 is 1.09 bits per heavy atom. The fourth-order valence-electron chi connectivity index (χ4n) is 1.63. The molecule has 2 aromatic rings. The molecule has 0 aliphatic carbocycles. The fourth-order valence-corrected chi connectivity index (χ4v) is 2.94. The van der Waals surface area contributed by atoms with E-state index in [4.69, 9.17) is 16.3 Å². The predicted molar refractivity (Wildman–Crippen MR) is 78.5 cm³/mol. The number of nitrogens with one attached hydrogen (secondary N) is 1. The topological polar surface area (TPSA) is 55.4 Å². The van der Waals surface area contributed by atoms with Gasteiger partial charge in [-0.1, -0.05) is 17.7 Å². The van der Waals surface area contributed by atoms with Crippen molar-refractivity contribution in [1.29, 1.82) is 0 Å². The van der Waals surface area contributed by atoms with Gasteiger partial charge >= 0.3 is 0 Å². The molecule has 0 saturated heterocycles. The maximum Gasteiger partial charge on any atom is 0.240 e. The third-order valence-corrected chi connectivity index (χ3v) is 4.35. The summed E-state index contributed by atoms with van der Waals surface area (Å²) >= 11 is 5.74. The van der Waals surface area contributed by atoms with Crippen LogP contribution in [0.25, 0.3) is 0 Å². The molecule has 0 heterocycles. The van der Waals surface area contributed by atoms with Crippen molar-refractivity contribution in [3.8, 4) is 5.75 Å². The lowest BCUT2D eigenvalue weighted by Gasteiger charge is -2.09. The minimum absolute atomic E-state index is 0.0339. The lowest BCUT2D eigenvalue weighted by Crippen LogP contribution is -2.28. The summed E-state index contributed by atoms with van der Waals surface area (Å²) in [6.45, 7) is -0.0707. The number of hydrogen-bond acceptors (Lipinski definition) is 3. The molecule has 4 nitrogen and oxygen atoms in total. The van der Waals surface area contributed by atoms with E-state index in [1.165, 1.54) is 24.3 Å². The molecule has 2 aromatic carbocycles. The zero-order valence-corrected chi connectivity index (χ0v) is 12.8. The highest BCUT2D eigenvalue weighted by Crippen LogP contribution is 2.16. The van der Waals surface area contributed by atoms with E-state index in [0.717, 1.165) is 12.1 Å². The number of hydrogen-bond donors (Lipinski definition) is 1. The zero-order chi connectivity index (χ0) is 16.2. The molecule has 0 spiro atoms. The van der Waals surface area contributed by atoms with Crippen LogP contribution in [0.3, 0.4) is 0 Å². The zero-order valence-electron chi connectivity index (χ0n) is 11.2. The fraction of sp³-hybridized carbons (Fsp3) is 0.143. The van der Waals surface area contributed by atoms with Gasteiger partial charge in [-0.3, -0.25) is 0 Å². The molecule has 0 amide bonds. The molecular weight excluding hydrogens is 336 g/mol. The van der Waals surface area contributed by atoms with E-state index in [9.17, 15) is 17.2 Å². The summed E-state index contributed by atoms with van der Waals surface area (Å²) in [5, 5.41) is 0.306. The Kier molecular flexibility index (Phi) is 5.33. The van der Waals surface area contributed by atoms with Crippen molar-refractivity contribution in [3.05, 3.63) is 59.1 Å².